The molecule has 0 bridgehead atoms. The van der Waals surface area contributed by atoms with Crippen molar-refractivity contribution in [3.8, 4) is 0 Å². The van der Waals surface area contributed by atoms with Crippen LogP contribution in [0, 0.1) is 0 Å². The Kier molecular flexibility index (Phi) is 3.72. The number of nitrogens with two attached hydrogens (primary N) is 1. The number of carbonyl (C=O) groups is 1. The summed E-state index contributed by atoms with van der Waals surface area (Å²) in [4.78, 5) is 12.5. The Hall–Kier alpha value is -1.16. The van der Waals surface area contributed by atoms with E-state index < -0.39 is 0 Å². The highest BCUT2D eigenvalue weighted by molar-refractivity contribution is 8.00. The van der Waals surface area contributed by atoms with Gasteiger partial charge in [0, 0.05) is 28.8 Å². The van der Waals surface area contributed by atoms with E-state index in [0.29, 0.717) is 11.7 Å². The molecule has 1 aromatic rings. The zero-order chi connectivity index (χ0) is 11.4. The van der Waals surface area contributed by atoms with E-state index in [1.54, 1.807) is 11.8 Å². The first-order valence-electron chi connectivity index (χ1n) is 5.53. The number of amides is 1. The number of carbonyl (C=O) groups excluding carboxylic acids is 1. The molecule has 3 nitrogen and oxygen atoms in total. The van der Waals surface area contributed by atoms with Crippen LogP contribution in [-0.2, 0) is 4.79 Å². The minimum absolute atomic E-state index is 0.157. The van der Waals surface area contributed by atoms with Gasteiger partial charge in [-0.15, -0.1) is 11.8 Å². The molecular formula is C12H16N2OS. The van der Waals surface area contributed by atoms with Gasteiger partial charge in [0.25, 0.3) is 0 Å². The number of rotatable bonds is 2. The molecule has 2 rings (SSSR count). The molecule has 16 heavy (non-hydrogen) atoms. The number of para-hydroxylation sites is 1. The first kappa shape index (κ1) is 11.3. The predicted molar refractivity (Wildman–Crippen MR) is 67.4 cm³/mol. The lowest BCUT2D eigenvalue weighted by Crippen LogP contribution is -2.22. The SMILES string of the molecule is Nc1ccccc1SC1CCCNC(=O)C1. The van der Waals surface area contributed by atoms with Gasteiger partial charge in [-0.25, -0.2) is 0 Å². The maximum atomic E-state index is 11.4. The molecule has 86 valence electrons. The predicted octanol–water partition coefficient (Wildman–Crippen LogP) is 2.03. The molecule has 1 unspecified atom stereocenters. The standard InChI is InChI=1S/C12H16N2OS/c13-10-5-1-2-6-11(10)16-9-4-3-7-14-12(15)8-9/h1-2,5-6,9H,3-4,7-8,13H2,(H,14,15). The molecule has 1 aromatic carbocycles. The molecular weight excluding hydrogens is 220 g/mol. The molecule has 4 heteroatoms. The summed E-state index contributed by atoms with van der Waals surface area (Å²) in [5.41, 5.74) is 6.69. The van der Waals surface area contributed by atoms with Crippen LogP contribution < -0.4 is 11.1 Å². The summed E-state index contributed by atoms with van der Waals surface area (Å²) in [7, 11) is 0. The maximum absolute atomic E-state index is 11.4. The minimum atomic E-state index is 0.157. The molecule has 0 spiro atoms. The van der Waals surface area contributed by atoms with Gasteiger partial charge in [0.05, 0.1) is 0 Å². The van der Waals surface area contributed by atoms with Crippen LogP contribution in [0.1, 0.15) is 19.3 Å². The van der Waals surface area contributed by atoms with Gasteiger partial charge in [-0.3, -0.25) is 4.79 Å². The van der Waals surface area contributed by atoms with Crippen molar-refractivity contribution in [2.24, 2.45) is 0 Å². The molecule has 0 aromatic heterocycles. The van der Waals surface area contributed by atoms with Crippen molar-refractivity contribution < 1.29 is 4.79 Å². The second-order valence-corrected chi connectivity index (χ2v) is 5.32. The number of benzene rings is 1. The molecule has 0 aliphatic carbocycles. The van der Waals surface area contributed by atoms with E-state index in [1.807, 2.05) is 24.3 Å². The third-order valence-corrected chi connectivity index (χ3v) is 4.01. The topological polar surface area (TPSA) is 55.1 Å². The Morgan fingerprint density at radius 3 is 3.00 bits per heavy atom. The monoisotopic (exact) mass is 236 g/mol. The van der Waals surface area contributed by atoms with E-state index in [2.05, 4.69) is 5.32 Å². The van der Waals surface area contributed by atoms with Crippen molar-refractivity contribution in [2.45, 2.75) is 29.4 Å². The third kappa shape index (κ3) is 2.92. The zero-order valence-electron chi connectivity index (χ0n) is 9.11. The highest BCUT2D eigenvalue weighted by Crippen LogP contribution is 2.32. The van der Waals surface area contributed by atoms with E-state index in [1.165, 1.54) is 0 Å². The van der Waals surface area contributed by atoms with Gasteiger partial charge in [-0.1, -0.05) is 12.1 Å². The molecule has 0 saturated carbocycles. The number of thioether (sulfide) groups is 1. The lowest BCUT2D eigenvalue weighted by Gasteiger charge is -2.13. The Bertz CT molecular complexity index is 381. The lowest BCUT2D eigenvalue weighted by atomic mass is 10.2. The number of hydrogen-bond donors (Lipinski definition) is 2. The average molecular weight is 236 g/mol. The normalized spacial score (nSPS) is 21.2. The molecule has 0 radical (unpaired) electrons. The summed E-state index contributed by atoms with van der Waals surface area (Å²) in [6.45, 7) is 0.806. The Balaban J connectivity index is 2.03. The van der Waals surface area contributed by atoms with Crippen LogP contribution >= 0.6 is 11.8 Å². The highest BCUT2D eigenvalue weighted by atomic mass is 32.2. The van der Waals surface area contributed by atoms with Gasteiger partial charge < -0.3 is 11.1 Å². The fourth-order valence-corrected chi connectivity index (χ4v) is 3.05. The molecule has 3 N–H and O–H groups in total. The van der Waals surface area contributed by atoms with Crippen LogP contribution in [0.3, 0.4) is 0 Å². The summed E-state index contributed by atoms with van der Waals surface area (Å²) >= 11 is 1.72. The number of hydrogen-bond acceptors (Lipinski definition) is 3. The number of anilines is 1. The zero-order valence-corrected chi connectivity index (χ0v) is 9.93. The van der Waals surface area contributed by atoms with E-state index >= 15 is 0 Å². The van der Waals surface area contributed by atoms with Crippen molar-refractivity contribution in [2.75, 3.05) is 12.3 Å². The first-order chi connectivity index (χ1) is 7.75. The largest absolute Gasteiger partial charge is 0.398 e. The van der Waals surface area contributed by atoms with Crippen molar-refractivity contribution in [1.82, 2.24) is 5.32 Å². The van der Waals surface area contributed by atoms with Gasteiger partial charge in [-0.2, -0.15) is 0 Å². The molecule has 1 heterocycles. The summed E-state index contributed by atoms with van der Waals surface area (Å²) in [6, 6.07) is 7.83. The molecule has 1 saturated heterocycles. The average Bonchev–Trinajstić information content (AvgIpc) is 2.46. The van der Waals surface area contributed by atoms with Crippen molar-refractivity contribution in [1.29, 1.82) is 0 Å². The van der Waals surface area contributed by atoms with Crippen LogP contribution in [0.25, 0.3) is 0 Å². The smallest absolute Gasteiger partial charge is 0.221 e. The summed E-state index contributed by atoms with van der Waals surface area (Å²) < 4.78 is 0. The van der Waals surface area contributed by atoms with Gasteiger partial charge >= 0.3 is 0 Å². The number of nitrogens with one attached hydrogen (secondary N) is 1. The third-order valence-electron chi connectivity index (χ3n) is 2.65. The lowest BCUT2D eigenvalue weighted by molar-refractivity contribution is -0.120. The van der Waals surface area contributed by atoms with Crippen LogP contribution in [-0.4, -0.2) is 17.7 Å². The van der Waals surface area contributed by atoms with E-state index in [9.17, 15) is 4.79 Å². The second kappa shape index (κ2) is 5.25. The van der Waals surface area contributed by atoms with Gasteiger partial charge in [0.2, 0.25) is 5.91 Å². The van der Waals surface area contributed by atoms with E-state index in [-0.39, 0.29) is 5.91 Å². The Morgan fingerprint density at radius 2 is 2.19 bits per heavy atom. The summed E-state index contributed by atoms with van der Waals surface area (Å²) in [5.74, 6) is 0.157. The fraction of sp³-hybridized carbons (Fsp3) is 0.417. The quantitative estimate of drug-likeness (QED) is 0.772. The second-order valence-electron chi connectivity index (χ2n) is 3.97. The summed E-state index contributed by atoms with van der Waals surface area (Å²) in [5, 5.41) is 3.25. The van der Waals surface area contributed by atoms with Gasteiger partial charge in [0.1, 0.15) is 0 Å². The minimum Gasteiger partial charge on any atom is -0.398 e. The van der Waals surface area contributed by atoms with Crippen LogP contribution in [0.5, 0.6) is 0 Å². The summed E-state index contributed by atoms with van der Waals surface area (Å²) in [6.07, 6.45) is 2.72. The first-order valence-corrected chi connectivity index (χ1v) is 6.41. The van der Waals surface area contributed by atoms with Crippen molar-refractivity contribution in [3.05, 3.63) is 24.3 Å². The molecule has 1 aliphatic heterocycles. The molecule has 1 fully saturated rings. The van der Waals surface area contributed by atoms with Crippen molar-refractivity contribution in [3.63, 3.8) is 0 Å². The van der Waals surface area contributed by atoms with Crippen LogP contribution in [0.4, 0.5) is 5.69 Å². The van der Waals surface area contributed by atoms with E-state index in [4.69, 9.17) is 5.73 Å². The molecule has 1 atom stereocenters. The van der Waals surface area contributed by atoms with Crippen LogP contribution in [0.15, 0.2) is 29.2 Å². The van der Waals surface area contributed by atoms with Crippen LogP contribution in [0.2, 0.25) is 0 Å². The molecule has 1 aliphatic rings. The highest BCUT2D eigenvalue weighted by Gasteiger charge is 2.18. The fourth-order valence-electron chi connectivity index (χ4n) is 1.81. The Labute approximate surface area is 99.8 Å². The molecule has 1 amide bonds. The number of nitrogen functional groups attached to an aromatic ring is 1. The van der Waals surface area contributed by atoms with Gasteiger partial charge in [0.15, 0.2) is 0 Å². The Morgan fingerprint density at radius 1 is 1.38 bits per heavy atom. The van der Waals surface area contributed by atoms with E-state index in [0.717, 1.165) is 30.0 Å². The van der Waals surface area contributed by atoms with Gasteiger partial charge in [-0.05, 0) is 25.0 Å². The maximum Gasteiger partial charge on any atom is 0.221 e. The van der Waals surface area contributed by atoms with Crippen molar-refractivity contribution >= 4 is 23.4 Å².